The van der Waals surface area contributed by atoms with Crippen LogP contribution in [0.2, 0.25) is 0 Å². The van der Waals surface area contributed by atoms with Crippen molar-refractivity contribution in [3.63, 3.8) is 0 Å². The average Bonchev–Trinajstić information content (AvgIpc) is 3.47. The molecular formula is C29H45N5O6S. The molecule has 12 heteroatoms. The van der Waals surface area contributed by atoms with Crippen LogP contribution in [0.15, 0.2) is 35.2 Å². The van der Waals surface area contributed by atoms with Crippen molar-refractivity contribution in [3.8, 4) is 0 Å². The maximum atomic E-state index is 14.0. The van der Waals surface area contributed by atoms with Crippen LogP contribution in [0.3, 0.4) is 0 Å². The van der Waals surface area contributed by atoms with Crippen molar-refractivity contribution < 1.29 is 27.6 Å². The first-order chi connectivity index (χ1) is 18.8. The molecule has 5 amide bonds. The number of urea groups is 1. The quantitative estimate of drug-likeness (QED) is 0.364. The summed E-state index contributed by atoms with van der Waals surface area (Å²) in [4.78, 5) is 55.1. The number of carbonyl (C=O) groups is 4. The Morgan fingerprint density at radius 2 is 1.56 bits per heavy atom. The first-order valence-electron chi connectivity index (χ1n) is 14.1. The van der Waals surface area contributed by atoms with Crippen LogP contribution in [0.4, 0.5) is 4.79 Å². The van der Waals surface area contributed by atoms with Gasteiger partial charge in [0.2, 0.25) is 11.8 Å². The lowest BCUT2D eigenvalue weighted by Crippen LogP contribution is -2.62. The molecule has 0 radical (unpaired) electrons. The maximum absolute atomic E-state index is 14.0. The van der Waals surface area contributed by atoms with E-state index in [0.717, 1.165) is 0 Å². The van der Waals surface area contributed by atoms with Crippen LogP contribution >= 0.6 is 0 Å². The molecule has 3 unspecified atom stereocenters. The SMILES string of the molecule is CC(C)C1CCN(C(=O)C(NC(=O)NC(C)(C)C)C(C)(C)C)C1C(=O)NC1(C(=O)NS(=O)(=O)c2ccccc2)CC1. The van der Waals surface area contributed by atoms with Crippen molar-refractivity contribution in [2.75, 3.05) is 6.54 Å². The number of benzene rings is 1. The zero-order chi connectivity index (χ0) is 31.0. The molecule has 11 nitrogen and oxygen atoms in total. The van der Waals surface area contributed by atoms with Gasteiger partial charge in [-0.05, 0) is 69.4 Å². The minimum Gasteiger partial charge on any atom is -0.340 e. The van der Waals surface area contributed by atoms with Gasteiger partial charge < -0.3 is 20.9 Å². The van der Waals surface area contributed by atoms with Crippen molar-refractivity contribution in [2.45, 2.75) is 103 Å². The highest BCUT2D eigenvalue weighted by atomic mass is 32.2. The number of hydrogen-bond acceptors (Lipinski definition) is 6. The number of amides is 5. The van der Waals surface area contributed by atoms with E-state index in [2.05, 4.69) is 20.7 Å². The van der Waals surface area contributed by atoms with Crippen molar-refractivity contribution in [3.05, 3.63) is 30.3 Å². The van der Waals surface area contributed by atoms with Gasteiger partial charge >= 0.3 is 6.03 Å². The highest BCUT2D eigenvalue weighted by Gasteiger charge is 2.55. The first kappa shape index (κ1) is 32.4. The Kier molecular flexibility index (Phi) is 9.17. The fourth-order valence-corrected chi connectivity index (χ4v) is 6.21. The van der Waals surface area contributed by atoms with Crippen LogP contribution in [0, 0.1) is 17.3 Å². The molecular weight excluding hydrogens is 546 g/mol. The molecule has 1 aliphatic heterocycles. The maximum Gasteiger partial charge on any atom is 0.315 e. The summed E-state index contributed by atoms with van der Waals surface area (Å²) >= 11 is 0. The second-order valence-electron chi connectivity index (χ2n) is 13.6. The van der Waals surface area contributed by atoms with Gasteiger partial charge in [-0.1, -0.05) is 52.8 Å². The van der Waals surface area contributed by atoms with Crippen molar-refractivity contribution in [1.82, 2.24) is 25.6 Å². The van der Waals surface area contributed by atoms with Gasteiger partial charge in [-0.3, -0.25) is 14.4 Å². The molecule has 228 valence electrons. The zero-order valence-corrected chi connectivity index (χ0v) is 26.1. The van der Waals surface area contributed by atoms with Gasteiger partial charge in [-0.2, -0.15) is 0 Å². The Balaban J connectivity index is 1.82. The molecule has 0 bridgehead atoms. The highest BCUT2D eigenvalue weighted by molar-refractivity contribution is 7.90. The predicted octanol–water partition coefficient (Wildman–Crippen LogP) is 2.53. The summed E-state index contributed by atoms with van der Waals surface area (Å²) in [6.07, 6.45) is 1.14. The fraction of sp³-hybridized carbons (Fsp3) is 0.655. The highest BCUT2D eigenvalue weighted by Crippen LogP contribution is 2.38. The zero-order valence-electron chi connectivity index (χ0n) is 25.3. The summed E-state index contributed by atoms with van der Waals surface area (Å²) in [5, 5.41) is 8.42. The third kappa shape index (κ3) is 7.78. The molecule has 0 aromatic heterocycles. The smallest absolute Gasteiger partial charge is 0.315 e. The second kappa shape index (κ2) is 11.6. The topological polar surface area (TPSA) is 154 Å². The van der Waals surface area contributed by atoms with E-state index in [1.807, 2.05) is 55.4 Å². The lowest BCUT2D eigenvalue weighted by atomic mass is 9.84. The lowest BCUT2D eigenvalue weighted by Gasteiger charge is -2.37. The van der Waals surface area contributed by atoms with E-state index < -0.39 is 56.4 Å². The minimum atomic E-state index is -4.12. The number of rotatable bonds is 8. The summed E-state index contributed by atoms with van der Waals surface area (Å²) < 4.78 is 27.6. The van der Waals surface area contributed by atoms with E-state index in [1.54, 1.807) is 18.2 Å². The Labute approximate surface area is 243 Å². The number of hydrogen-bond donors (Lipinski definition) is 4. The number of nitrogens with one attached hydrogen (secondary N) is 4. The summed E-state index contributed by atoms with van der Waals surface area (Å²) in [7, 11) is -4.12. The van der Waals surface area contributed by atoms with Gasteiger partial charge in [0.05, 0.1) is 4.90 Å². The number of likely N-dealkylation sites (tertiary alicyclic amines) is 1. The van der Waals surface area contributed by atoms with Crippen LogP contribution in [0.25, 0.3) is 0 Å². The standard InChI is InChI=1S/C29H45N5O6S/c1-18(2)20-14-17-34(24(36)22(27(3,4)5)30-26(38)32-28(6,7)8)21(20)23(35)31-29(15-16-29)25(37)33-41(39,40)19-12-10-9-11-13-19/h9-13,18,20-22H,14-17H2,1-8H3,(H,31,35)(H,33,37)(H2,30,32,38). The van der Waals surface area contributed by atoms with Gasteiger partial charge in [0, 0.05) is 12.1 Å². The van der Waals surface area contributed by atoms with Crippen molar-refractivity contribution in [2.24, 2.45) is 17.3 Å². The van der Waals surface area contributed by atoms with Crippen LogP contribution in [0.1, 0.15) is 74.7 Å². The normalized spacial score (nSPS) is 21.1. The van der Waals surface area contributed by atoms with Gasteiger partial charge in [-0.25, -0.2) is 17.9 Å². The summed E-state index contributed by atoms with van der Waals surface area (Å²) in [5.41, 5.74) is -2.54. The number of nitrogens with zero attached hydrogens (tertiary/aromatic N) is 1. The van der Waals surface area contributed by atoms with Gasteiger partial charge in [0.15, 0.2) is 0 Å². The Morgan fingerprint density at radius 3 is 2.05 bits per heavy atom. The van der Waals surface area contributed by atoms with Crippen LogP contribution in [0.5, 0.6) is 0 Å². The molecule has 1 saturated heterocycles. The molecule has 1 aliphatic carbocycles. The van der Waals surface area contributed by atoms with Crippen molar-refractivity contribution in [1.29, 1.82) is 0 Å². The monoisotopic (exact) mass is 591 g/mol. The predicted molar refractivity (Wildman–Crippen MR) is 155 cm³/mol. The first-order valence-corrected chi connectivity index (χ1v) is 15.6. The van der Waals surface area contributed by atoms with Crippen LogP contribution in [-0.2, 0) is 24.4 Å². The molecule has 1 aromatic carbocycles. The Bertz CT molecular complexity index is 1260. The fourth-order valence-electron chi connectivity index (χ4n) is 5.14. The lowest BCUT2D eigenvalue weighted by molar-refractivity contribution is -0.143. The van der Waals surface area contributed by atoms with E-state index in [0.29, 0.717) is 13.0 Å². The van der Waals surface area contributed by atoms with E-state index in [9.17, 15) is 27.6 Å². The van der Waals surface area contributed by atoms with E-state index in [4.69, 9.17) is 0 Å². The van der Waals surface area contributed by atoms with Gasteiger partial charge in [-0.15, -0.1) is 0 Å². The Hall–Kier alpha value is -3.15. The summed E-state index contributed by atoms with van der Waals surface area (Å²) in [5.74, 6) is -1.83. The summed E-state index contributed by atoms with van der Waals surface area (Å²) in [6.45, 7) is 15.3. The molecule has 4 N–H and O–H groups in total. The molecule has 3 rings (SSSR count). The van der Waals surface area contributed by atoms with Crippen LogP contribution in [-0.4, -0.2) is 66.8 Å². The Morgan fingerprint density at radius 1 is 0.976 bits per heavy atom. The number of carbonyl (C=O) groups excluding carboxylic acids is 4. The van der Waals surface area contributed by atoms with Gasteiger partial charge in [0.1, 0.15) is 17.6 Å². The van der Waals surface area contributed by atoms with Crippen LogP contribution < -0.4 is 20.7 Å². The molecule has 1 saturated carbocycles. The third-order valence-corrected chi connectivity index (χ3v) is 8.90. The largest absolute Gasteiger partial charge is 0.340 e. The second-order valence-corrected chi connectivity index (χ2v) is 15.3. The van der Waals surface area contributed by atoms with E-state index >= 15 is 0 Å². The molecule has 2 fully saturated rings. The summed E-state index contributed by atoms with van der Waals surface area (Å²) in [6, 6.07) is 5.25. The third-order valence-electron chi connectivity index (χ3n) is 7.56. The van der Waals surface area contributed by atoms with Crippen molar-refractivity contribution >= 4 is 33.8 Å². The molecule has 1 aromatic rings. The minimum absolute atomic E-state index is 0.0521. The number of sulfonamides is 1. The molecule has 1 heterocycles. The van der Waals surface area contributed by atoms with E-state index in [-0.39, 0.29) is 35.5 Å². The van der Waals surface area contributed by atoms with Gasteiger partial charge in [0.25, 0.3) is 15.9 Å². The molecule has 41 heavy (non-hydrogen) atoms. The molecule has 2 aliphatic rings. The average molecular weight is 592 g/mol. The van der Waals surface area contributed by atoms with E-state index in [1.165, 1.54) is 17.0 Å². The molecule has 3 atom stereocenters. The molecule has 0 spiro atoms.